The van der Waals surface area contributed by atoms with E-state index < -0.39 is 10.0 Å². The molecule has 0 spiro atoms. The Kier molecular flexibility index (Phi) is 5.29. The number of hydrogen-bond acceptors (Lipinski definition) is 5. The molecule has 2 aliphatic rings. The molecule has 132 valence electrons. The van der Waals surface area contributed by atoms with Gasteiger partial charge in [0.05, 0.1) is 13.2 Å². The molecule has 1 saturated carbocycles. The fourth-order valence-electron chi connectivity index (χ4n) is 2.37. The number of ether oxygens (including phenoxy) is 2. The van der Waals surface area contributed by atoms with Gasteiger partial charge in [0.1, 0.15) is 10.6 Å². The maximum atomic E-state index is 12.8. The number of rotatable bonds is 6. The Morgan fingerprint density at radius 2 is 2.04 bits per heavy atom. The molecule has 0 aromatic heterocycles. The summed E-state index contributed by atoms with van der Waals surface area (Å²) in [6, 6.07) is 4.58. The van der Waals surface area contributed by atoms with Crippen LogP contribution in [-0.2, 0) is 19.6 Å². The van der Waals surface area contributed by atoms with E-state index in [4.69, 9.17) is 21.1 Å². The fraction of sp³-hybridized carbons (Fsp3) is 0.533. The minimum absolute atomic E-state index is 0.0314. The van der Waals surface area contributed by atoms with Crippen molar-refractivity contribution in [3.8, 4) is 5.75 Å². The minimum Gasteiger partial charge on any atom is -0.482 e. The Hall–Kier alpha value is -1.35. The predicted octanol–water partition coefficient (Wildman–Crippen LogP) is 1.02. The predicted molar refractivity (Wildman–Crippen MR) is 87.7 cm³/mol. The number of halogens is 1. The maximum absolute atomic E-state index is 12.8. The first-order valence-corrected chi connectivity index (χ1v) is 9.58. The molecule has 0 bridgehead atoms. The van der Waals surface area contributed by atoms with Crippen LogP contribution >= 0.6 is 11.6 Å². The first-order valence-electron chi connectivity index (χ1n) is 7.76. The van der Waals surface area contributed by atoms with Gasteiger partial charge in [0, 0.05) is 24.2 Å². The zero-order valence-electron chi connectivity index (χ0n) is 13.0. The molecule has 24 heavy (non-hydrogen) atoms. The highest BCUT2D eigenvalue weighted by Crippen LogP contribution is 2.30. The zero-order chi connectivity index (χ0) is 17.2. The Bertz CT molecular complexity index is 715. The number of nitrogens with one attached hydrogen (secondary N) is 1. The second-order valence-corrected chi connectivity index (χ2v) is 8.08. The lowest BCUT2D eigenvalue weighted by Crippen LogP contribution is -2.40. The highest BCUT2D eigenvalue weighted by atomic mass is 35.5. The topological polar surface area (TPSA) is 84.9 Å². The summed E-state index contributed by atoms with van der Waals surface area (Å²) in [5.41, 5.74) is 0. The summed E-state index contributed by atoms with van der Waals surface area (Å²) in [6.07, 6.45) is 1.95. The summed E-state index contributed by atoms with van der Waals surface area (Å²) >= 11 is 5.96. The van der Waals surface area contributed by atoms with Crippen molar-refractivity contribution in [2.45, 2.75) is 23.8 Å². The number of carbonyl (C=O) groups excluding carboxylic acids is 1. The lowest BCUT2D eigenvalue weighted by molar-refractivity contribution is -0.123. The fourth-order valence-corrected chi connectivity index (χ4v) is 4.17. The van der Waals surface area contributed by atoms with Crippen LogP contribution in [0.4, 0.5) is 0 Å². The molecule has 2 fully saturated rings. The van der Waals surface area contributed by atoms with Gasteiger partial charge in [0.2, 0.25) is 10.0 Å². The number of nitrogens with zero attached hydrogens (tertiary/aromatic N) is 1. The van der Waals surface area contributed by atoms with Crippen LogP contribution in [0.25, 0.3) is 0 Å². The summed E-state index contributed by atoms with van der Waals surface area (Å²) in [5.74, 6) is -0.140. The van der Waals surface area contributed by atoms with E-state index in [0.717, 1.165) is 12.8 Å². The van der Waals surface area contributed by atoms with Crippen LogP contribution in [0, 0.1) is 0 Å². The number of morpholine rings is 1. The Balaban J connectivity index is 1.77. The van der Waals surface area contributed by atoms with Gasteiger partial charge in [-0.1, -0.05) is 11.6 Å². The van der Waals surface area contributed by atoms with Crippen molar-refractivity contribution >= 4 is 27.5 Å². The molecule has 0 radical (unpaired) electrons. The van der Waals surface area contributed by atoms with Crippen molar-refractivity contribution in [2.24, 2.45) is 0 Å². The van der Waals surface area contributed by atoms with Crippen LogP contribution in [0.5, 0.6) is 5.75 Å². The SMILES string of the molecule is O=C(COc1ccc(Cl)cc1S(=O)(=O)N1CCOCC1)NC1CC1. The van der Waals surface area contributed by atoms with Crippen molar-refractivity contribution in [3.05, 3.63) is 23.2 Å². The average Bonchev–Trinajstić information content (AvgIpc) is 3.38. The van der Waals surface area contributed by atoms with Crippen molar-refractivity contribution in [3.63, 3.8) is 0 Å². The first-order chi connectivity index (χ1) is 11.5. The van der Waals surface area contributed by atoms with E-state index >= 15 is 0 Å². The molecular weight excluding hydrogens is 356 g/mol. The van der Waals surface area contributed by atoms with Gasteiger partial charge in [0.15, 0.2) is 6.61 Å². The van der Waals surface area contributed by atoms with Crippen LogP contribution in [0.1, 0.15) is 12.8 Å². The minimum atomic E-state index is -3.76. The van der Waals surface area contributed by atoms with Gasteiger partial charge in [0.25, 0.3) is 5.91 Å². The lowest BCUT2D eigenvalue weighted by Gasteiger charge is -2.26. The Labute approximate surface area is 145 Å². The summed E-state index contributed by atoms with van der Waals surface area (Å²) in [4.78, 5) is 11.7. The smallest absolute Gasteiger partial charge is 0.258 e. The third-order valence-corrected chi connectivity index (χ3v) is 5.95. The highest BCUT2D eigenvalue weighted by Gasteiger charge is 2.30. The third kappa shape index (κ3) is 4.18. The summed E-state index contributed by atoms with van der Waals surface area (Å²) < 4.78 is 37.6. The highest BCUT2D eigenvalue weighted by molar-refractivity contribution is 7.89. The largest absolute Gasteiger partial charge is 0.482 e. The standard InChI is InChI=1S/C15H19ClN2O5S/c16-11-1-4-13(23-10-15(19)17-12-2-3-12)14(9-11)24(20,21)18-5-7-22-8-6-18/h1,4,9,12H,2-3,5-8,10H2,(H,17,19). The molecule has 1 aliphatic heterocycles. The molecule has 1 heterocycles. The molecule has 0 unspecified atom stereocenters. The van der Waals surface area contributed by atoms with Gasteiger partial charge in [-0.25, -0.2) is 8.42 Å². The second kappa shape index (κ2) is 7.26. The molecule has 1 aromatic rings. The van der Waals surface area contributed by atoms with Crippen LogP contribution in [0.3, 0.4) is 0 Å². The van der Waals surface area contributed by atoms with Crippen LogP contribution < -0.4 is 10.1 Å². The summed E-state index contributed by atoms with van der Waals surface area (Å²) in [6.45, 7) is 1.01. The van der Waals surface area contributed by atoms with E-state index in [9.17, 15) is 13.2 Å². The number of hydrogen-bond donors (Lipinski definition) is 1. The number of sulfonamides is 1. The van der Waals surface area contributed by atoms with Gasteiger partial charge in [-0.05, 0) is 31.0 Å². The van der Waals surface area contributed by atoms with E-state index in [1.165, 1.54) is 22.5 Å². The summed E-state index contributed by atoms with van der Waals surface area (Å²) in [7, 11) is -3.76. The molecule has 3 rings (SSSR count). The lowest BCUT2D eigenvalue weighted by atomic mass is 10.3. The van der Waals surface area contributed by atoms with Gasteiger partial charge in [-0.2, -0.15) is 4.31 Å². The molecule has 9 heteroatoms. The Morgan fingerprint density at radius 1 is 1.33 bits per heavy atom. The third-order valence-electron chi connectivity index (χ3n) is 3.79. The molecular formula is C15H19ClN2O5S. The van der Waals surface area contributed by atoms with Crippen LogP contribution in [0.2, 0.25) is 5.02 Å². The van der Waals surface area contributed by atoms with Crippen molar-refractivity contribution in [1.29, 1.82) is 0 Å². The molecule has 1 aliphatic carbocycles. The van der Waals surface area contributed by atoms with Gasteiger partial charge in [-0.3, -0.25) is 4.79 Å². The number of amides is 1. The second-order valence-electron chi connectivity index (χ2n) is 5.74. The summed E-state index contributed by atoms with van der Waals surface area (Å²) in [5, 5.41) is 3.08. The van der Waals surface area contributed by atoms with Gasteiger partial charge < -0.3 is 14.8 Å². The van der Waals surface area contributed by atoms with Crippen molar-refractivity contribution in [1.82, 2.24) is 9.62 Å². The van der Waals surface area contributed by atoms with E-state index in [-0.39, 0.29) is 47.3 Å². The quantitative estimate of drug-likeness (QED) is 0.803. The molecule has 0 atom stereocenters. The maximum Gasteiger partial charge on any atom is 0.258 e. The zero-order valence-corrected chi connectivity index (χ0v) is 14.6. The van der Waals surface area contributed by atoms with Crippen LogP contribution in [0.15, 0.2) is 23.1 Å². The molecule has 1 N–H and O–H groups in total. The normalized spacial score (nSPS) is 19.0. The average molecular weight is 375 g/mol. The Morgan fingerprint density at radius 3 is 2.71 bits per heavy atom. The van der Waals surface area contributed by atoms with E-state index in [2.05, 4.69) is 5.32 Å². The van der Waals surface area contributed by atoms with E-state index in [1.807, 2.05) is 0 Å². The molecule has 1 amide bonds. The molecule has 7 nitrogen and oxygen atoms in total. The monoisotopic (exact) mass is 374 g/mol. The van der Waals surface area contributed by atoms with Gasteiger partial charge >= 0.3 is 0 Å². The van der Waals surface area contributed by atoms with Crippen molar-refractivity contribution < 1.29 is 22.7 Å². The first kappa shape index (κ1) is 17.5. The van der Waals surface area contributed by atoms with Gasteiger partial charge in [-0.15, -0.1) is 0 Å². The molecule has 1 saturated heterocycles. The van der Waals surface area contributed by atoms with E-state index in [1.54, 1.807) is 0 Å². The van der Waals surface area contributed by atoms with Crippen molar-refractivity contribution in [2.75, 3.05) is 32.9 Å². The number of carbonyl (C=O) groups is 1. The van der Waals surface area contributed by atoms with E-state index in [0.29, 0.717) is 13.2 Å². The molecule has 1 aromatic carbocycles. The van der Waals surface area contributed by atoms with Crippen LogP contribution in [-0.4, -0.2) is 57.6 Å². The number of benzene rings is 1.